The fraction of sp³-hybridized carbons (Fsp3) is 0.400. The molecule has 1 unspecified atom stereocenters. The number of nitrogens with two attached hydrogens (primary N) is 1. The molecule has 1 rings (SSSR count). The van der Waals surface area contributed by atoms with Gasteiger partial charge in [0.1, 0.15) is 5.82 Å². The van der Waals surface area contributed by atoms with Crippen LogP contribution in [0.1, 0.15) is 25.3 Å². The lowest BCUT2D eigenvalue weighted by Gasteiger charge is -2.22. The fourth-order valence-corrected chi connectivity index (χ4v) is 2.20. The van der Waals surface area contributed by atoms with Crippen molar-refractivity contribution < 1.29 is 9.18 Å². The van der Waals surface area contributed by atoms with E-state index >= 15 is 0 Å². The minimum absolute atomic E-state index is 0. The van der Waals surface area contributed by atoms with Gasteiger partial charge in [0.05, 0.1) is 0 Å². The zero-order chi connectivity index (χ0) is 15.1. The van der Waals surface area contributed by atoms with Crippen LogP contribution in [0, 0.1) is 5.82 Å². The third-order valence-electron chi connectivity index (χ3n) is 2.88. The molecule has 0 radical (unpaired) electrons. The topological polar surface area (TPSA) is 46.3 Å². The normalized spacial score (nSPS) is 11.4. The smallest absolute Gasteiger partial charge is 0.223 e. The molecule has 1 atom stereocenters. The zero-order valence-corrected chi connectivity index (χ0v) is 14.4. The van der Waals surface area contributed by atoms with Crippen LogP contribution in [0.25, 0.3) is 0 Å². The molecule has 1 aromatic rings. The Morgan fingerprint density at radius 3 is 2.81 bits per heavy atom. The Labute approximate surface area is 139 Å². The number of carbonyl (C=O) groups excluding carboxylic acids is 1. The molecule has 0 aliphatic rings. The van der Waals surface area contributed by atoms with Gasteiger partial charge in [-0.05, 0) is 31.5 Å². The van der Waals surface area contributed by atoms with Crippen molar-refractivity contribution >= 4 is 34.2 Å². The summed E-state index contributed by atoms with van der Waals surface area (Å²) in [6, 6.07) is 4.68. The van der Waals surface area contributed by atoms with Crippen molar-refractivity contribution in [3.05, 3.63) is 46.7 Å². The standard InChI is InChI=1S/C15H20BrFN2O.ClH/c1-3-8-19(15(20)7-4-11(2)18)10-12-9-13(16)5-6-14(12)17;/h3,5-6,9,11H,1,4,7-8,10,18H2,2H3;1H. The summed E-state index contributed by atoms with van der Waals surface area (Å²) in [5.74, 6) is -0.358. The van der Waals surface area contributed by atoms with Crippen LogP contribution < -0.4 is 5.73 Å². The molecule has 1 aromatic carbocycles. The van der Waals surface area contributed by atoms with Gasteiger partial charge < -0.3 is 10.6 Å². The molecule has 21 heavy (non-hydrogen) atoms. The maximum absolute atomic E-state index is 13.7. The highest BCUT2D eigenvalue weighted by Gasteiger charge is 2.15. The van der Waals surface area contributed by atoms with E-state index in [0.717, 1.165) is 4.47 Å². The summed E-state index contributed by atoms with van der Waals surface area (Å²) in [4.78, 5) is 13.7. The molecule has 0 spiro atoms. The molecular formula is C15H21BrClFN2O. The van der Waals surface area contributed by atoms with Crippen LogP contribution in [-0.4, -0.2) is 23.4 Å². The van der Waals surface area contributed by atoms with Crippen molar-refractivity contribution in [2.75, 3.05) is 6.54 Å². The predicted molar refractivity (Wildman–Crippen MR) is 89.8 cm³/mol. The van der Waals surface area contributed by atoms with E-state index in [9.17, 15) is 9.18 Å². The molecule has 1 amide bonds. The Kier molecular flexibility index (Phi) is 9.49. The number of rotatable bonds is 7. The summed E-state index contributed by atoms with van der Waals surface area (Å²) >= 11 is 3.31. The maximum atomic E-state index is 13.7. The molecule has 0 bridgehead atoms. The largest absolute Gasteiger partial charge is 0.335 e. The lowest BCUT2D eigenvalue weighted by Crippen LogP contribution is -2.32. The van der Waals surface area contributed by atoms with Crippen molar-refractivity contribution in [2.24, 2.45) is 5.73 Å². The molecule has 0 saturated carbocycles. The first-order chi connectivity index (χ1) is 9.43. The van der Waals surface area contributed by atoms with Crippen LogP contribution in [0.15, 0.2) is 35.3 Å². The number of hydrogen-bond acceptors (Lipinski definition) is 2. The van der Waals surface area contributed by atoms with Gasteiger partial charge in [-0.1, -0.05) is 22.0 Å². The third kappa shape index (κ3) is 7.07. The second-order valence-corrected chi connectivity index (χ2v) is 5.73. The molecule has 0 fully saturated rings. The zero-order valence-electron chi connectivity index (χ0n) is 12.0. The predicted octanol–water partition coefficient (Wildman–Crippen LogP) is 3.65. The fourth-order valence-electron chi connectivity index (χ4n) is 1.79. The van der Waals surface area contributed by atoms with Gasteiger partial charge in [-0.15, -0.1) is 19.0 Å². The summed E-state index contributed by atoms with van der Waals surface area (Å²) in [7, 11) is 0. The van der Waals surface area contributed by atoms with Gasteiger partial charge in [0.2, 0.25) is 5.91 Å². The van der Waals surface area contributed by atoms with E-state index in [1.165, 1.54) is 6.07 Å². The van der Waals surface area contributed by atoms with Gasteiger partial charge in [-0.2, -0.15) is 0 Å². The van der Waals surface area contributed by atoms with Crippen LogP contribution in [0.5, 0.6) is 0 Å². The molecule has 0 aliphatic heterocycles. The van der Waals surface area contributed by atoms with Gasteiger partial charge >= 0.3 is 0 Å². The summed E-state index contributed by atoms with van der Waals surface area (Å²) in [6.45, 7) is 6.12. The van der Waals surface area contributed by atoms with Gasteiger partial charge in [0, 0.05) is 35.6 Å². The highest BCUT2D eigenvalue weighted by Crippen LogP contribution is 2.18. The van der Waals surface area contributed by atoms with Crippen LogP contribution in [0.3, 0.4) is 0 Å². The van der Waals surface area contributed by atoms with Crippen LogP contribution in [0.4, 0.5) is 4.39 Å². The SMILES string of the molecule is C=CCN(Cc1cc(Br)ccc1F)C(=O)CCC(C)N.Cl. The number of amides is 1. The van der Waals surface area contributed by atoms with E-state index in [1.54, 1.807) is 23.1 Å². The van der Waals surface area contributed by atoms with E-state index in [1.807, 2.05) is 6.92 Å². The Hall–Kier alpha value is -0.910. The average Bonchev–Trinajstić information content (AvgIpc) is 2.39. The highest BCUT2D eigenvalue weighted by molar-refractivity contribution is 9.10. The van der Waals surface area contributed by atoms with E-state index < -0.39 is 0 Å². The second-order valence-electron chi connectivity index (χ2n) is 4.81. The second kappa shape index (κ2) is 9.92. The first-order valence-corrected chi connectivity index (χ1v) is 7.31. The van der Waals surface area contributed by atoms with E-state index in [4.69, 9.17) is 5.73 Å². The number of hydrogen-bond donors (Lipinski definition) is 1. The van der Waals surface area contributed by atoms with E-state index in [0.29, 0.717) is 24.9 Å². The van der Waals surface area contributed by atoms with Crippen LogP contribution in [0.2, 0.25) is 0 Å². The number of carbonyl (C=O) groups is 1. The molecule has 0 aliphatic carbocycles. The third-order valence-corrected chi connectivity index (χ3v) is 3.38. The van der Waals surface area contributed by atoms with E-state index in [2.05, 4.69) is 22.5 Å². The van der Waals surface area contributed by atoms with Crippen molar-refractivity contribution in [2.45, 2.75) is 32.4 Å². The van der Waals surface area contributed by atoms with Crippen molar-refractivity contribution in [1.29, 1.82) is 0 Å². The number of benzene rings is 1. The quantitative estimate of drug-likeness (QED) is 0.735. The minimum Gasteiger partial charge on any atom is -0.335 e. The first-order valence-electron chi connectivity index (χ1n) is 6.52. The molecule has 6 heteroatoms. The van der Waals surface area contributed by atoms with Crippen LogP contribution in [-0.2, 0) is 11.3 Å². The maximum Gasteiger partial charge on any atom is 0.223 e. The highest BCUT2D eigenvalue weighted by atomic mass is 79.9. The monoisotopic (exact) mass is 378 g/mol. The summed E-state index contributed by atoms with van der Waals surface area (Å²) in [6.07, 6.45) is 2.62. The molecule has 3 nitrogen and oxygen atoms in total. The van der Waals surface area contributed by atoms with Gasteiger partial charge in [0.15, 0.2) is 0 Å². The molecule has 0 saturated heterocycles. The number of nitrogens with zero attached hydrogens (tertiary/aromatic N) is 1. The van der Waals surface area contributed by atoms with Gasteiger partial charge in [-0.25, -0.2) is 4.39 Å². The molecule has 2 N–H and O–H groups in total. The molecule has 0 heterocycles. The van der Waals surface area contributed by atoms with Crippen molar-refractivity contribution in [3.8, 4) is 0 Å². The number of halogens is 3. The van der Waals surface area contributed by atoms with Crippen LogP contribution >= 0.6 is 28.3 Å². The lowest BCUT2D eigenvalue weighted by molar-refractivity contribution is -0.131. The Balaban J connectivity index is 0.00000400. The molecular weight excluding hydrogens is 359 g/mol. The molecule has 0 aromatic heterocycles. The first kappa shape index (κ1) is 20.1. The minimum atomic E-state index is -0.317. The Morgan fingerprint density at radius 2 is 2.24 bits per heavy atom. The Bertz CT molecular complexity index is 483. The van der Waals surface area contributed by atoms with Crippen molar-refractivity contribution in [3.63, 3.8) is 0 Å². The summed E-state index contributed by atoms with van der Waals surface area (Å²) in [5, 5.41) is 0. The lowest BCUT2D eigenvalue weighted by atomic mass is 10.1. The van der Waals surface area contributed by atoms with Gasteiger partial charge in [-0.3, -0.25) is 4.79 Å². The molecule has 118 valence electrons. The average molecular weight is 380 g/mol. The summed E-state index contributed by atoms with van der Waals surface area (Å²) in [5.41, 5.74) is 6.14. The van der Waals surface area contributed by atoms with E-state index in [-0.39, 0.29) is 36.7 Å². The Morgan fingerprint density at radius 1 is 1.57 bits per heavy atom. The van der Waals surface area contributed by atoms with Crippen molar-refractivity contribution in [1.82, 2.24) is 4.90 Å². The summed E-state index contributed by atoms with van der Waals surface area (Å²) < 4.78 is 14.5. The van der Waals surface area contributed by atoms with Gasteiger partial charge in [0.25, 0.3) is 0 Å².